The third-order valence-corrected chi connectivity index (χ3v) is 6.67. The van der Waals surface area contributed by atoms with E-state index in [0.29, 0.717) is 5.52 Å². The number of benzene rings is 1. The Morgan fingerprint density at radius 2 is 1.91 bits per heavy atom. The average molecular weight is 497 g/mol. The molecule has 7 nitrogen and oxygen atoms in total. The van der Waals surface area contributed by atoms with Gasteiger partial charge in [0.2, 0.25) is 5.82 Å². The maximum atomic E-state index is 14.6. The molecule has 0 spiro atoms. The normalized spacial score (nSPS) is 24.7. The fourth-order valence-corrected chi connectivity index (χ4v) is 4.52. The van der Waals surface area contributed by atoms with E-state index < -0.39 is 47.1 Å². The molecule has 2 N–H and O–H groups in total. The molecule has 0 unspecified atom stereocenters. The Morgan fingerprint density at radius 3 is 2.51 bits per heavy atom. The van der Waals surface area contributed by atoms with Gasteiger partial charge in [0.25, 0.3) is 0 Å². The van der Waals surface area contributed by atoms with Gasteiger partial charge in [-0.15, -0.1) is 0 Å². The van der Waals surface area contributed by atoms with Gasteiger partial charge < -0.3 is 19.4 Å². The fourth-order valence-electron chi connectivity index (χ4n) is 4.52. The van der Waals surface area contributed by atoms with Gasteiger partial charge in [-0.25, -0.2) is 9.37 Å². The summed E-state index contributed by atoms with van der Waals surface area (Å²) in [5.41, 5.74) is -1.66. The molecule has 1 saturated heterocycles. The molecule has 188 valence electrons. The topological polar surface area (TPSA) is 87.1 Å². The lowest BCUT2D eigenvalue weighted by Gasteiger charge is -2.32. The predicted molar refractivity (Wildman–Crippen MR) is 118 cm³/mol. The summed E-state index contributed by atoms with van der Waals surface area (Å²) in [6, 6.07) is 3.63. The van der Waals surface area contributed by atoms with E-state index in [-0.39, 0.29) is 28.4 Å². The van der Waals surface area contributed by atoms with Crippen molar-refractivity contribution in [2.45, 2.75) is 37.6 Å². The summed E-state index contributed by atoms with van der Waals surface area (Å²) in [7, 11) is 4.42. The number of imidazole rings is 1. The first-order valence-electron chi connectivity index (χ1n) is 10.7. The van der Waals surface area contributed by atoms with Gasteiger partial charge in [0.15, 0.2) is 17.2 Å². The number of alkyl halides is 3. The largest absolute Gasteiger partial charge is 0.493 e. The van der Waals surface area contributed by atoms with E-state index >= 15 is 0 Å². The summed E-state index contributed by atoms with van der Waals surface area (Å²) in [5, 5.41) is 8.27. The Labute approximate surface area is 197 Å². The van der Waals surface area contributed by atoms with E-state index in [9.17, 15) is 22.0 Å². The van der Waals surface area contributed by atoms with Crippen molar-refractivity contribution >= 4 is 16.9 Å². The van der Waals surface area contributed by atoms with E-state index in [1.165, 1.54) is 24.1 Å². The van der Waals surface area contributed by atoms with Crippen LogP contribution >= 0.6 is 0 Å². The lowest BCUT2D eigenvalue weighted by atomic mass is 9.77. The van der Waals surface area contributed by atoms with Crippen LogP contribution in [0, 0.1) is 23.0 Å². The van der Waals surface area contributed by atoms with Gasteiger partial charge in [-0.1, -0.05) is 13.0 Å². The fraction of sp³-hybridized carbons (Fsp3) is 0.435. The van der Waals surface area contributed by atoms with Crippen LogP contribution < -0.4 is 4.74 Å². The number of H-pyrrole nitrogens is 1. The zero-order chi connectivity index (χ0) is 25.9. The molecule has 3 heterocycles. The number of aromatic amines is 1. The molecule has 4 rings (SSSR count). The maximum Gasteiger partial charge on any atom is 0.417 e. The molecule has 12 heteroatoms. The van der Waals surface area contributed by atoms with E-state index in [4.69, 9.17) is 14.9 Å². The number of ether oxygens (including phenoxy) is 2. The highest BCUT2D eigenvalue weighted by Crippen LogP contribution is 2.59. The number of halogens is 5. The highest BCUT2D eigenvalue weighted by Gasteiger charge is 2.65. The minimum Gasteiger partial charge on any atom is -0.493 e. The molecule has 0 saturated carbocycles. The van der Waals surface area contributed by atoms with Crippen molar-refractivity contribution in [3.63, 3.8) is 0 Å². The standard InChI is InChI=1S/C23H24F5N5O2/c1-10-14(11-6-7-12(24)15(25)18(11)34-5)19(35-22(10,2)23(26,27)28)21-31-13-8-9-30-17(16(13)32-21)20(29)33(3)4/h6-10,14,19,29H,1-5H3,(H,31,32)/t10-,14-,19+,22+/m0/s1. The molecule has 3 aromatic rings. The van der Waals surface area contributed by atoms with Crippen molar-refractivity contribution in [3.8, 4) is 5.75 Å². The van der Waals surface area contributed by atoms with Crippen LogP contribution in [0.15, 0.2) is 24.4 Å². The highest BCUT2D eigenvalue weighted by molar-refractivity contribution is 6.04. The van der Waals surface area contributed by atoms with Crippen molar-refractivity contribution in [1.29, 1.82) is 5.41 Å². The van der Waals surface area contributed by atoms with E-state index in [0.717, 1.165) is 20.1 Å². The van der Waals surface area contributed by atoms with Crippen LogP contribution in [0.4, 0.5) is 22.0 Å². The number of rotatable bonds is 4. The number of fused-ring (bicyclic) bond motifs is 1. The first-order chi connectivity index (χ1) is 16.3. The van der Waals surface area contributed by atoms with Gasteiger partial charge in [0.1, 0.15) is 29.0 Å². The summed E-state index contributed by atoms with van der Waals surface area (Å²) in [4.78, 5) is 13.2. The summed E-state index contributed by atoms with van der Waals surface area (Å²) >= 11 is 0. The number of pyridine rings is 1. The number of nitrogens with zero attached hydrogens (tertiary/aromatic N) is 3. The number of hydrogen-bond donors (Lipinski definition) is 2. The van der Waals surface area contributed by atoms with Gasteiger partial charge in [-0.05, 0) is 19.1 Å². The molecular formula is C23H24F5N5O2. The van der Waals surface area contributed by atoms with Crippen molar-refractivity contribution < 1.29 is 31.4 Å². The molecule has 1 aliphatic rings. The van der Waals surface area contributed by atoms with Crippen LogP contribution in [0.3, 0.4) is 0 Å². The average Bonchev–Trinajstić information content (AvgIpc) is 3.34. The molecule has 35 heavy (non-hydrogen) atoms. The SMILES string of the molecule is COc1c([C@H]2[C@H](c3nc4c(C(=N)N(C)C)nccc4[nH]3)O[C@@](C)(C(F)(F)F)[C@H]2C)ccc(F)c1F. The first-order valence-corrected chi connectivity index (χ1v) is 10.7. The first kappa shape index (κ1) is 24.8. The number of amidine groups is 1. The van der Waals surface area contributed by atoms with Crippen LogP contribution in [-0.4, -0.2) is 58.7 Å². The lowest BCUT2D eigenvalue weighted by Crippen LogP contribution is -2.46. The molecule has 0 amide bonds. The highest BCUT2D eigenvalue weighted by atomic mass is 19.4. The third-order valence-electron chi connectivity index (χ3n) is 6.67. The van der Waals surface area contributed by atoms with Crippen LogP contribution in [-0.2, 0) is 4.74 Å². The second-order valence-corrected chi connectivity index (χ2v) is 8.86. The van der Waals surface area contributed by atoms with E-state index in [2.05, 4.69) is 15.0 Å². The van der Waals surface area contributed by atoms with Gasteiger partial charge in [0, 0.05) is 37.7 Å². The molecule has 1 aliphatic heterocycles. The van der Waals surface area contributed by atoms with E-state index in [1.54, 1.807) is 20.2 Å². The van der Waals surface area contributed by atoms with Crippen molar-refractivity contribution in [1.82, 2.24) is 19.9 Å². The molecule has 0 bridgehead atoms. The van der Waals surface area contributed by atoms with Gasteiger partial charge in [0.05, 0.1) is 12.6 Å². The number of hydrogen-bond acceptors (Lipinski definition) is 5. The van der Waals surface area contributed by atoms with Crippen LogP contribution in [0.5, 0.6) is 5.75 Å². The minimum atomic E-state index is -4.77. The molecule has 1 aromatic carbocycles. The van der Waals surface area contributed by atoms with Gasteiger partial charge >= 0.3 is 6.18 Å². The number of aromatic nitrogens is 3. The zero-order valence-electron chi connectivity index (χ0n) is 19.6. The smallest absolute Gasteiger partial charge is 0.417 e. The Hall–Kier alpha value is -3.28. The van der Waals surface area contributed by atoms with Crippen molar-refractivity contribution in [3.05, 3.63) is 53.1 Å². The Morgan fingerprint density at radius 1 is 1.23 bits per heavy atom. The van der Waals surface area contributed by atoms with Gasteiger partial charge in [-0.2, -0.15) is 17.6 Å². The summed E-state index contributed by atoms with van der Waals surface area (Å²) in [6.45, 7) is 2.27. The minimum absolute atomic E-state index is 0.0247. The lowest BCUT2D eigenvalue weighted by molar-refractivity contribution is -0.275. The molecule has 0 radical (unpaired) electrons. The summed E-state index contributed by atoms with van der Waals surface area (Å²) in [5.74, 6) is -5.21. The molecule has 4 atom stereocenters. The number of methoxy groups -OCH3 is 1. The second-order valence-electron chi connectivity index (χ2n) is 8.86. The van der Waals surface area contributed by atoms with Crippen molar-refractivity contribution in [2.75, 3.05) is 21.2 Å². The molecule has 1 fully saturated rings. The Balaban J connectivity index is 1.93. The van der Waals surface area contributed by atoms with Gasteiger partial charge in [-0.3, -0.25) is 10.4 Å². The van der Waals surface area contributed by atoms with Crippen LogP contribution in [0.25, 0.3) is 11.0 Å². The zero-order valence-corrected chi connectivity index (χ0v) is 19.6. The van der Waals surface area contributed by atoms with Crippen LogP contribution in [0.1, 0.15) is 43.0 Å². The molecule has 0 aliphatic carbocycles. The monoisotopic (exact) mass is 497 g/mol. The maximum absolute atomic E-state index is 14.6. The van der Waals surface area contributed by atoms with E-state index in [1.807, 2.05) is 0 Å². The summed E-state index contributed by atoms with van der Waals surface area (Å²) < 4.78 is 81.8. The summed E-state index contributed by atoms with van der Waals surface area (Å²) in [6.07, 6.45) is -4.63. The predicted octanol–water partition coefficient (Wildman–Crippen LogP) is 4.94. The van der Waals surface area contributed by atoms with Crippen LogP contribution in [0.2, 0.25) is 0 Å². The number of nitrogens with one attached hydrogen (secondary N) is 2. The quantitative estimate of drug-likeness (QED) is 0.303. The molecule has 2 aromatic heterocycles. The third kappa shape index (κ3) is 3.79. The Kier molecular flexibility index (Phi) is 5.98. The Bertz CT molecular complexity index is 1290. The molecular weight excluding hydrogens is 473 g/mol. The van der Waals surface area contributed by atoms with Crippen molar-refractivity contribution in [2.24, 2.45) is 5.92 Å². The second kappa shape index (κ2) is 8.43.